The van der Waals surface area contributed by atoms with Gasteiger partial charge >= 0.3 is 0 Å². The number of benzene rings is 2. The van der Waals surface area contributed by atoms with Gasteiger partial charge in [-0.05, 0) is 36.2 Å². The second-order valence-electron chi connectivity index (χ2n) is 8.86. The Balaban J connectivity index is 1.56. The van der Waals surface area contributed by atoms with Gasteiger partial charge in [-0.3, -0.25) is 14.2 Å². The number of carbonyl (C=O) groups is 1. The molecule has 1 aliphatic heterocycles. The van der Waals surface area contributed by atoms with Crippen molar-refractivity contribution in [2.45, 2.75) is 35.9 Å². The number of thioether (sulfide) groups is 2. The van der Waals surface area contributed by atoms with Crippen LogP contribution in [0.2, 0.25) is 0 Å². The molecule has 0 fully saturated rings. The Morgan fingerprint density at radius 3 is 2.50 bits per heavy atom. The predicted octanol–water partition coefficient (Wildman–Crippen LogP) is 5.77. The fraction of sp³-hybridized carbons (Fsp3) is 0.269. The molecule has 4 aromatic rings. The molecule has 0 spiro atoms. The molecule has 34 heavy (non-hydrogen) atoms. The van der Waals surface area contributed by atoms with Crippen molar-refractivity contribution in [1.82, 2.24) is 9.55 Å². The molecule has 5 rings (SSSR count). The fourth-order valence-electron chi connectivity index (χ4n) is 4.09. The molecule has 0 unspecified atom stereocenters. The molecule has 3 heterocycles. The molecule has 174 valence electrons. The van der Waals surface area contributed by atoms with Crippen LogP contribution in [-0.4, -0.2) is 33.0 Å². The molecular weight excluding hydrogens is 483 g/mol. The Hall–Kier alpha value is -2.55. The maximum Gasteiger partial charge on any atom is 0.267 e. The van der Waals surface area contributed by atoms with Crippen LogP contribution in [-0.2, 0) is 17.0 Å². The molecule has 5 nitrogen and oxygen atoms in total. The summed E-state index contributed by atoms with van der Waals surface area (Å²) >= 11 is 4.85. The topological polar surface area (TPSA) is 55.2 Å². The second-order valence-corrected chi connectivity index (χ2v) is 12.6. The van der Waals surface area contributed by atoms with Gasteiger partial charge in [0.1, 0.15) is 4.83 Å². The van der Waals surface area contributed by atoms with Crippen LogP contribution in [0.3, 0.4) is 0 Å². The molecule has 8 heteroatoms. The Labute approximate surface area is 211 Å². The van der Waals surface area contributed by atoms with E-state index in [9.17, 15) is 9.59 Å². The van der Waals surface area contributed by atoms with Crippen molar-refractivity contribution in [2.24, 2.45) is 0 Å². The normalized spacial score (nSPS) is 14.7. The van der Waals surface area contributed by atoms with Crippen LogP contribution in [0, 0.1) is 0 Å². The largest absolute Gasteiger partial charge is 0.315 e. The Bertz CT molecular complexity index is 1410. The summed E-state index contributed by atoms with van der Waals surface area (Å²) < 4.78 is 1.76. The summed E-state index contributed by atoms with van der Waals surface area (Å²) in [6, 6.07) is 19.1. The minimum Gasteiger partial charge on any atom is -0.315 e. The van der Waals surface area contributed by atoms with Gasteiger partial charge in [0.15, 0.2) is 5.16 Å². The van der Waals surface area contributed by atoms with Crippen LogP contribution < -0.4 is 10.5 Å². The van der Waals surface area contributed by atoms with Crippen molar-refractivity contribution in [1.29, 1.82) is 0 Å². The number of amides is 1. The second kappa shape index (κ2) is 9.24. The average molecular weight is 508 g/mol. The van der Waals surface area contributed by atoms with Gasteiger partial charge in [0.2, 0.25) is 5.91 Å². The lowest BCUT2D eigenvalue weighted by Gasteiger charge is -2.28. The third-order valence-electron chi connectivity index (χ3n) is 5.93. The summed E-state index contributed by atoms with van der Waals surface area (Å²) in [6.45, 7) is 4.46. The van der Waals surface area contributed by atoms with Crippen LogP contribution in [0.25, 0.3) is 15.9 Å². The standard InChI is InChI=1S/C26H25N3O2S3/c1-26(2)14-19-20(15-33-26)34-23-22(19)24(31)29(18-12-8-5-9-13-18)25(27-23)32-16-21(30)28(3)17-10-6-4-7-11-17/h4-13H,14-16H2,1-3H3. The van der Waals surface area contributed by atoms with Crippen molar-refractivity contribution >= 4 is 56.7 Å². The number of rotatable bonds is 5. The van der Waals surface area contributed by atoms with E-state index in [1.807, 2.05) is 72.4 Å². The summed E-state index contributed by atoms with van der Waals surface area (Å²) in [5.41, 5.74) is 2.69. The molecule has 0 saturated carbocycles. The van der Waals surface area contributed by atoms with E-state index in [0.29, 0.717) is 5.16 Å². The summed E-state index contributed by atoms with van der Waals surface area (Å²) in [7, 11) is 1.77. The number of anilines is 1. The van der Waals surface area contributed by atoms with Gasteiger partial charge in [0.25, 0.3) is 5.56 Å². The zero-order chi connectivity index (χ0) is 23.9. The molecule has 0 N–H and O–H groups in total. The highest BCUT2D eigenvalue weighted by Crippen LogP contribution is 2.44. The molecule has 0 radical (unpaired) electrons. The molecule has 0 saturated heterocycles. The highest BCUT2D eigenvalue weighted by Gasteiger charge is 2.31. The lowest BCUT2D eigenvalue weighted by molar-refractivity contribution is -0.115. The van der Waals surface area contributed by atoms with E-state index in [4.69, 9.17) is 4.98 Å². The van der Waals surface area contributed by atoms with E-state index >= 15 is 0 Å². The third kappa shape index (κ3) is 4.42. The van der Waals surface area contributed by atoms with Crippen molar-refractivity contribution in [3.63, 3.8) is 0 Å². The first-order valence-electron chi connectivity index (χ1n) is 11.1. The number of carbonyl (C=O) groups excluding carboxylic acids is 1. The number of nitrogens with zero attached hydrogens (tertiary/aromatic N) is 3. The van der Waals surface area contributed by atoms with E-state index < -0.39 is 0 Å². The van der Waals surface area contributed by atoms with E-state index in [2.05, 4.69) is 13.8 Å². The van der Waals surface area contributed by atoms with Crippen LogP contribution in [0.15, 0.2) is 70.6 Å². The van der Waals surface area contributed by atoms with Gasteiger partial charge in [-0.2, -0.15) is 0 Å². The highest BCUT2D eigenvalue weighted by molar-refractivity contribution is 8.00. The highest BCUT2D eigenvalue weighted by atomic mass is 32.2. The van der Waals surface area contributed by atoms with Crippen molar-refractivity contribution < 1.29 is 4.79 Å². The molecule has 0 bridgehead atoms. The third-order valence-corrected chi connectivity index (χ3v) is 9.52. The van der Waals surface area contributed by atoms with Gasteiger partial charge in [-0.15, -0.1) is 23.1 Å². The van der Waals surface area contributed by atoms with E-state index in [1.165, 1.54) is 16.6 Å². The van der Waals surface area contributed by atoms with E-state index in [0.717, 1.165) is 39.3 Å². The summed E-state index contributed by atoms with van der Waals surface area (Å²) in [5, 5.41) is 1.28. The quantitative estimate of drug-likeness (QED) is 0.254. The van der Waals surface area contributed by atoms with Gasteiger partial charge in [-0.1, -0.05) is 62.0 Å². The van der Waals surface area contributed by atoms with Gasteiger partial charge in [-0.25, -0.2) is 4.98 Å². The molecule has 0 atom stereocenters. The molecular formula is C26H25N3O2S3. The van der Waals surface area contributed by atoms with Crippen molar-refractivity contribution in [3.8, 4) is 5.69 Å². The van der Waals surface area contributed by atoms with Gasteiger partial charge in [0.05, 0.1) is 16.8 Å². The molecule has 0 aliphatic carbocycles. The predicted molar refractivity (Wildman–Crippen MR) is 145 cm³/mol. The number of fused-ring (bicyclic) bond motifs is 3. The number of aromatic nitrogens is 2. The van der Waals surface area contributed by atoms with Gasteiger partial charge in [0, 0.05) is 28.1 Å². The summed E-state index contributed by atoms with van der Waals surface area (Å²) in [4.78, 5) is 35.4. The number of thiophene rings is 1. The van der Waals surface area contributed by atoms with Crippen LogP contribution in [0.1, 0.15) is 24.3 Å². The minimum atomic E-state index is -0.0530. The lowest BCUT2D eigenvalue weighted by atomic mass is 10.00. The zero-order valence-electron chi connectivity index (χ0n) is 19.3. The Morgan fingerprint density at radius 2 is 1.79 bits per heavy atom. The summed E-state index contributed by atoms with van der Waals surface area (Å²) in [6.07, 6.45) is 0.853. The van der Waals surface area contributed by atoms with Gasteiger partial charge < -0.3 is 4.90 Å². The number of hydrogen-bond donors (Lipinski definition) is 0. The molecule has 2 aromatic carbocycles. The minimum absolute atomic E-state index is 0.0474. The van der Waals surface area contributed by atoms with Crippen molar-refractivity contribution in [2.75, 3.05) is 17.7 Å². The molecule has 2 aromatic heterocycles. The smallest absolute Gasteiger partial charge is 0.267 e. The maximum atomic E-state index is 13.9. The van der Waals surface area contributed by atoms with Crippen LogP contribution in [0.4, 0.5) is 5.69 Å². The number of para-hydroxylation sites is 2. The summed E-state index contributed by atoms with van der Waals surface area (Å²) in [5.74, 6) is 1.04. The Kier molecular flexibility index (Phi) is 6.31. The maximum absolute atomic E-state index is 13.9. The lowest BCUT2D eigenvalue weighted by Crippen LogP contribution is -2.29. The zero-order valence-corrected chi connectivity index (χ0v) is 21.7. The fourth-order valence-corrected chi connectivity index (χ4v) is 7.40. The van der Waals surface area contributed by atoms with Crippen LogP contribution >= 0.6 is 34.9 Å². The first kappa shape index (κ1) is 23.2. The van der Waals surface area contributed by atoms with E-state index in [1.54, 1.807) is 27.9 Å². The Morgan fingerprint density at radius 1 is 1.12 bits per heavy atom. The molecule has 1 aliphatic rings. The number of hydrogen-bond acceptors (Lipinski definition) is 6. The van der Waals surface area contributed by atoms with E-state index in [-0.39, 0.29) is 22.0 Å². The molecule has 1 amide bonds. The average Bonchev–Trinajstić information content (AvgIpc) is 3.19. The van der Waals surface area contributed by atoms with Crippen molar-refractivity contribution in [3.05, 3.63) is 81.5 Å². The van der Waals surface area contributed by atoms with Crippen LogP contribution in [0.5, 0.6) is 0 Å². The monoisotopic (exact) mass is 507 g/mol. The SMILES string of the molecule is CN(C(=O)CSc1nc2sc3c(c2c(=O)n1-c1ccccc1)CC(C)(C)SC3)c1ccccc1. The first-order valence-corrected chi connectivity index (χ1v) is 13.8. The first-order chi connectivity index (χ1) is 16.3.